The average Bonchev–Trinajstić information content (AvgIpc) is 2.84. The Morgan fingerprint density at radius 1 is 1.41 bits per heavy atom. The molecule has 0 radical (unpaired) electrons. The molecule has 0 bridgehead atoms. The second-order valence-corrected chi connectivity index (χ2v) is 7.81. The molecule has 96 valence electrons. The van der Waals surface area contributed by atoms with Crippen molar-refractivity contribution in [2.45, 2.75) is 48.1 Å². The van der Waals surface area contributed by atoms with Gasteiger partial charge in [-0.1, -0.05) is 25.8 Å². The highest BCUT2D eigenvalue weighted by molar-refractivity contribution is 7.94. The van der Waals surface area contributed by atoms with Crippen LogP contribution in [0.1, 0.15) is 32.6 Å². The van der Waals surface area contributed by atoms with Gasteiger partial charge in [-0.3, -0.25) is 0 Å². The van der Waals surface area contributed by atoms with Gasteiger partial charge in [-0.25, -0.2) is 8.42 Å². The molecule has 2 rings (SSSR count). The topological polar surface area (TPSA) is 46.2 Å². The Labute approximate surface area is 107 Å². The minimum atomic E-state index is -3.13. The summed E-state index contributed by atoms with van der Waals surface area (Å²) in [5.74, 6) is 0. The summed E-state index contributed by atoms with van der Waals surface area (Å²) in [6.45, 7) is 2.87. The fourth-order valence-electron chi connectivity index (χ4n) is 2.54. The third-order valence-electron chi connectivity index (χ3n) is 3.34. The molecule has 2 unspecified atom stereocenters. The van der Waals surface area contributed by atoms with E-state index in [0.717, 1.165) is 32.2 Å². The van der Waals surface area contributed by atoms with Gasteiger partial charge in [-0.15, -0.1) is 11.3 Å². The lowest BCUT2D eigenvalue weighted by molar-refractivity contribution is 0.377. The van der Waals surface area contributed by atoms with E-state index in [1.165, 1.54) is 11.3 Å². The van der Waals surface area contributed by atoms with Gasteiger partial charge >= 0.3 is 0 Å². The highest BCUT2D eigenvalue weighted by Crippen LogP contribution is 2.30. The molecule has 0 spiro atoms. The predicted octanol–water partition coefficient (Wildman–Crippen LogP) is 2.44. The molecule has 1 aliphatic rings. The lowest BCUT2D eigenvalue weighted by Gasteiger charge is -2.31. The summed E-state index contributed by atoms with van der Waals surface area (Å²) < 4.78 is 25.5. The first kappa shape index (κ1) is 13.1. The highest BCUT2D eigenvalue weighted by atomic mass is 32.2. The fourth-order valence-corrected chi connectivity index (χ4v) is 5.77. The number of thiophene rings is 1. The van der Waals surface area contributed by atoms with Crippen molar-refractivity contribution in [1.29, 1.82) is 0 Å². The number of sulfone groups is 1. The van der Waals surface area contributed by atoms with Crippen molar-refractivity contribution in [3.05, 3.63) is 17.5 Å². The molecule has 0 amide bonds. The minimum absolute atomic E-state index is 0.126. The largest absolute Gasteiger partial charge is 0.313 e. The third-order valence-corrected chi connectivity index (χ3v) is 7.05. The van der Waals surface area contributed by atoms with E-state index >= 15 is 0 Å². The lowest BCUT2D eigenvalue weighted by Crippen LogP contribution is -2.46. The van der Waals surface area contributed by atoms with E-state index in [1.807, 2.05) is 18.4 Å². The van der Waals surface area contributed by atoms with Crippen LogP contribution < -0.4 is 5.32 Å². The smallest absolute Gasteiger partial charge is 0.192 e. The van der Waals surface area contributed by atoms with E-state index in [2.05, 4.69) is 5.32 Å². The maximum Gasteiger partial charge on any atom is 0.192 e. The van der Waals surface area contributed by atoms with E-state index in [-0.39, 0.29) is 11.3 Å². The Morgan fingerprint density at radius 3 is 2.82 bits per heavy atom. The molecular weight excluding hydrogens is 254 g/mol. The second-order valence-electron chi connectivity index (χ2n) is 4.46. The molecule has 0 saturated heterocycles. The predicted molar refractivity (Wildman–Crippen MR) is 71.2 cm³/mol. The van der Waals surface area contributed by atoms with Gasteiger partial charge in [0, 0.05) is 6.04 Å². The van der Waals surface area contributed by atoms with Crippen molar-refractivity contribution in [1.82, 2.24) is 5.32 Å². The first-order valence-corrected chi connectivity index (χ1v) is 8.59. The quantitative estimate of drug-likeness (QED) is 0.916. The molecule has 1 saturated carbocycles. The SMILES string of the molecule is CCNC1CCCCC1S(=O)(=O)c1cccs1. The number of rotatable bonds is 4. The van der Waals surface area contributed by atoms with Crippen molar-refractivity contribution < 1.29 is 8.42 Å². The summed E-state index contributed by atoms with van der Waals surface area (Å²) in [5.41, 5.74) is 0. The zero-order valence-electron chi connectivity index (χ0n) is 10.1. The Kier molecular flexibility index (Phi) is 4.22. The van der Waals surface area contributed by atoms with Crippen LogP contribution in [0.5, 0.6) is 0 Å². The van der Waals surface area contributed by atoms with Gasteiger partial charge in [0.05, 0.1) is 5.25 Å². The van der Waals surface area contributed by atoms with Crippen LogP contribution in [-0.4, -0.2) is 26.3 Å². The maximum atomic E-state index is 12.5. The molecule has 2 atom stereocenters. The van der Waals surface area contributed by atoms with Crippen LogP contribution in [0.4, 0.5) is 0 Å². The third kappa shape index (κ3) is 2.72. The molecule has 1 heterocycles. The standard InChI is InChI=1S/C12H19NO2S2/c1-2-13-10-6-3-4-7-11(10)17(14,15)12-8-5-9-16-12/h5,8-11,13H,2-4,6-7H2,1H3. The molecule has 5 heteroatoms. The normalized spacial score (nSPS) is 25.9. The molecule has 0 aromatic carbocycles. The number of hydrogen-bond acceptors (Lipinski definition) is 4. The van der Waals surface area contributed by atoms with Crippen molar-refractivity contribution in [2.75, 3.05) is 6.54 Å². The van der Waals surface area contributed by atoms with Crippen molar-refractivity contribution >= 4 is 21.2 Å². The molecule has 1 fully saturated rings. The summed E-state index contributed by atoms with van der Waals surface area (Å²) >= 11 is 1.33. The molecule has 17 heavy (non-hydrogen) atoms. The van der Waals surface area contributed by atoms with Crippen molar-refractivity contribution in [2.24, 2.45) is 0 Å². The van der Waals surface area contributed by atoms with Gasteiger partial charge in [-0.05, 0) is 30.8 Å². The minimum Gasteiger partial charge on any atom is -0.313 e. The van der Waals surface area contributed by atoms with Crippen LogP contribution in [0.15, 0.2) is 21.7 Å². The fraction of sp³-hybridized carbons (Fsp3) is 0.667. The Bertz CT molecular complexity index is 437. The van der Waals surface area contributed by atoms with E-state index in [0.29, 0.717) is 4.21 Å². The summed E-state index contributed by atoms with van der Waals surface area (Å²) in [6.07, 6.45) is 3.92. The Hall–Kier alpha value is -0.390. The van der Waals surface area contributed by atoms with Crippen molar-refractivity contribution in [3.8, 4) is 0 Å². The molecule has 1 aliphatic carbocycles. The van der Waals surface area contributed by atoms with Gasteiger partial charge in [0.25, 0.3) is 0 Å². The van der Waals surface area contributed by atoms with Crippen LogP contribution in [0.25, 0.3) is 0 Å². The molecule has 0 aliphatic heterocycles. The average molecular weight is 273 g/mol. The van der Waals surface area contributed by atoms with Gasteiger partial charge in [0.15, 0.2) is 9.84 Å². The summed E-state index contributed by atoms with van der Waals surface area (Å²) in [4.78, 5) is 0. The maximum absolute atomic E-state index is 12.5. The van der Waals surface area contributed by atoms with Gasteiger partial charge in [0.1, 0.15) is 4.21 Å². The van der Waals surface area contributed by atoms with Crippen LogP contribution in [-0.2, 0) is 9.84 Å². The monoisotopic (exact) mass is 273 g/mol. The first-order valence-electron chi connectivity index (χ1n) is 6.17. The molecule has 3 nitrogen and oxygen atoms in total. The first-order chi connectivity index (χ1) is 8.16. The van der Waals surface area contributed by atoms with Gasteiger partial charge < -0.3 is 5.32 Å². The van der Waals surface area contributed by atoms with Crippen LogP contribution in [0.2, 0.25) is 0 Å². The van der Waals surface area contributed by atoms with E-state index in [9.17, 15) is 8.42 Å². The molecule has 1 aromatic heterocycles. The van der Waals surface area contributed by atoms with Crippen LogP contribution in [0, 0.1) is 0 Å². The molecular formula is C12H19NO2S2. The summed E-state index contributed by atoms with van der Waals surface area (Å²) in [6, 6.07) is 3.65. The van der Waals surface area contributed by atoms with Crippen LogP contribution in [0.3, 0.4) is 0 Å². The van der Waals surface area contributed by atoms with Gasteiger partial charge in [-0.2, -0.15) is 0 Å². The van der Waals surface area contributed by atoms with Crippen LogP contribution >= 0.6 is 11.3 Å². The number of hydrogen-bond donors (Lipinski definition) is 1. The van der Waals surface area contributed by atoms with Gasteiger partial charge in [0.2, 0.25) is 0 Å². The Balaban J connectivity index is 2.24. The lowest BCUT2D eigenvalue weighted by atomic mass is 9.95. The second kappa shape index (κ2) is 5.50. The van der Waals surface area contributed by atoms with E-state index in [1.54, 1.807) is 6.07 Å². The zero-order valence-corrected chi connectivity index (χ0v) is 11.7. The summed E-state index contributed by atoms with van der Waals surface area (Å²) in [7, 11) is -3.13. The Morgan fingerprint density at radius 2 is 2.18 bits per heavy atom. The van der Waals surface area contributed by atoms with E-state index in [4.69, 9.17) is 0 Å². The number of nitrogens with one attached hydrogen (secondary N) is 1. The molecule has 1 aromatic rings. The van der Waals surface area contributed by atoms with E-state index < -0.39 is 9.84 Å². The molecule has 1 N–H and O–H groups in total. The van der Waals surface area contributed by atoms with Crippen molar-refractivity contribution in [3.63, 3.8) is 0 Å². The highest BCUT2D eigenvalue weighted by Gasteiger charge is 2.36. The summed E-state index contributed by atoms with van der Waals surface area (Å²) in [5, 5.41) is 4.92. The zero-order chi connectivity index (χ0) is 12.3.